The predicted octanol–water partition coefficient (Wildman–Crippen LogP) is 2.91. The SMILES string of the molecule is NC(=O)c1cn(CC(=O)N2C[C@H](F)C[C@H]2C(=O)NCc2cccc(Cl)c2F)c2ccc(C#Cc3cn[nH]c3)cc12. The number of benzene rings is 2. The molecule has 0 bridgehead atoms. The van der Waals surface area contributed by atoms with Gasteiger partial charge in [0.15, 0.2) is 0 Å². The van der Waals surface area contributed by atoms with Crippen LogP contribution in [0.5, 0.6) is 0 Å². The summed E-state index contributed by atoms with van der Waals surface area (Å²) in [5.74, 6) is 3.46. The van der Waals surface area contributed by atoms with Crippen LogP contribution in [-0.4, -0.2) is 56.1 Å². The summed E-state index contributed by atoms with van der Waals surface area (Å²) in [6.45, 7) is -0.696. The molecule has 0 aliphatic carbocycles. The normalized spacial score (nSPS) is 16.5. The number of fused-ring (bicyclic) bond motifs is 1. The third kappa shape index (κ3) is 5.53. The summed E-state index contributed by atoms with van der Waals surface area (Å²) in [6.07, 6.45) is 3.09. The molecule has 12 heteroatoms. The Morgan fingerprint density at radius 3 is 2.75 bits per heavy atom. The average molecular weight is 565 g/mol. The number of carbonyl (C=O) groups is 3. The van der Waals surface area contributed by atoms with Crippen LogP contribution in [-0.2, 0) is 22.7 Å². The molecule has 1 aliphatic rings. The van der Waals surface area contributed by atoms with Gasteiger partial charge in [-0.2, -0.15) is 5.10 Å². The van der Waals surface area contributed by atoms with Crippen LogP contribution in [0.1, 0.15) is 33.5 Å². The first-order valence-electron chi connectivity index (χ1n) is 12.3. The second kappa shape index (κ2) is 11.2. The molecule has 40 heavy (non-hydrogen) atoms. The van der Waals surface area contributed by atoms with Crippen LogP contribution in [0.4, 0.5) is 8.78 Å². The average Bonchev–Trinajstić information content (AvgIpc) is 3.67. The third-order valence-corrected chi connectivity index (χ3v) is 6.95. The number of primary amides is 1. The maximum atomic E-state index is 14.4. The maximum Gasteiger partial charge on any atom is 0.250 e. The molecule has 0 unspecified atom stereocenters. The van der Waals surface area contributed by atoms with Crippen LogP contribution in [0.25, 0.3) is 10.9 Å². The molecule has 204 valence electrons. The highest BCUT2D eigenvalue weighted by Gasteiger charge is 2.39. The zero-order valence-corrected chi connectivity index (χ0v) is 21.7. The number of carbonyl (C=O) groups excluding carboxylic acids is 3. The summed E-state index contributed by atoms with van der Waals surface area (Å²) in [6, 6.07) is 8.47. The smallest absolute Gasteiger partial charge is 0.250 e. The van der Waals surface area contributed by atoms with Gasteiger partial charge in [-0.1, -0.05) is 35.6 Å². The molecule has 2 aromatic carbocycles. The number of halogens is 3. The van der Waals surface area contributed by atoms with Gasteiger partial charge in [-0.15, -0.1) is 0 Å². The molecule has 2 atom stereocenters. The number of H-pyrrole nitrogens is 1. The second-order valence-electron chi connectivity index (χ2n) is 9.33. The number of amides is 3. The van der Waals surface area contributed by atoms with Gasteiger partial charge in [-0.05, 0) is 24.3 Å². The molecule has 0 radical (unpaired) electrons. The van der Waals surface area contributed by atoms with Crippen molar-refractivity contribution in [3.05, 3.63) is 88.1 Å². The van der Waals surface area contributed by atoms with Crippen LogP contribution in [0.2, 0.25) is 5.02 Å². The molecule has 5 rings (SSSR count). The topological polar surface area (TPSA) is 126 Å². The first-order chi connectivity index (χ1) is 19.2. The van der Waals surface area contributed by atoms with Gasteiger partial charge in [0.1, 0.15) is 24.6 Å². The number of hydrogen-bond acceptors (Lipinski definition) is 4. The number of alkyl halides is 1. The van der Waals surface area contributed by atoms with Gasteiger partial charge in [0.05, 0.1) is 28.9 Å². The summed E-state index contributed by atoms with van der Waals surface area (Å²) in [5.41, 5.74) is 7.80. The van der Waals surface area contributed by atoms with E-state index in [1.54, 1.807) is 36.7 Å². The molecular formula is C28H23ClF2N6O3. The zero-order chi connectivity index (χ0) is 28.4. The highest BCUT2D eigenvalue weighted by atomic mass is 35.5. The van der Waals surface area contributed by atoms with Gasteiger partial charge >= 0.3 is 0 Å². The van der Waals surface area contributed by atoms with Crippen molar-refractivity contribution in [2.45, 2.75) is 31.7 Å². The van der Waals surface area contributed by atoms with Crippen molar-refractivity contribution in [1.82, 2.24) is 25.0 Å². The first-order valence-corrected chi connectivity index (χ1v) is 12.7. The van der Waals surface area contributed by atoms with Crippen molar-refractivity contribution in [2.24, 2.45) is 5.73 Å². The molecule has 1 saturated heterocycles. The number of rotatable bonds is 6. The summed E-state index contributed by atoms with van der Waals surface area (Å²) < 4.78 is 30.1. The molecule has 2 aromatic heterocycles. The van der Waals surface area contributed by atoms with Crippen molar-refractivity contribution in [3.8, 4) is 11.8 Å². The van der Waals surface area contributed by atoms with E-state index in [1.807, 2.05) is 0 Å². The number of aromatic nitrogens is 3. The molecule has 3 heterocycles. The van der Waals surface area contributed by atoms with E-state index in [-0.39, 0.29) is 42.2 Å². The second-order valence-corrected chi connectivity index (χ2v) is 9.74. The zero-order valence-electron chi connectivity index (χ0n) is 21.0. The fourth-order valence-corrected chi connectivity index (χ4v) is 4.89. The maximum absolute atomic E-state index is 14.4. The van der Waals surface area contributed by atoms with Gasteiger partial charge in [0.25, 0.3) is 5.91 Å². The lowest BCUT2D eigenvalue weighted by atomic mass is 10.1. The minimum atomic E-state index is -1.40. The standard InChI is InChI=1S/C28H23ClF2N6O3/c29-22-3-1-2-18(26(22)31)12-33-28(40)24-9-19(30)13-37(24)25(38)15-36-14-21(27(32)39)20-8-16(6-7-23(20)36)4-5-17-10-34-35-11-17/h1-3,6-8,10-11,14,19,24H,9,12-13,15H2,(H2,32,39)(H,33,40)(H,34,35)/t19-,24+/m1/s1. The number of nitrogens with zero attached hydrogens (tertiary/aromatic N) is 3. The van der Waals surface area contributed by atoms with E-state index in [0.29, 0.717) is 22.0 Å². The van der Waals surface area contributed by atoms with Crippen LogP contribution in [0.15, 0.2) is 55.0 Å². The lowest BCUT2D eigenvalue weighted by molar-refractivity contribution is -0.139. The Kier molecular flexibility index (Phi) is 7.53. The van der Waals surface area contributed by atoms with E-state index in [2.05, 4.69) is 27.4 Å². The van der Waals surface area contributed by atoms with Crippen molar-refractivity contribution in [1.29, 1.82) is 0 Å². The van der Waals surface area contributed by atoms with E-state index in [1.165, 1.54) is 22.9 Å². The van der Waals surface area contributed by atoms with E-state index in [4.69, 9.17) is 17.3 Å². The number of hydrogen-bond donors (Lipinski definition) is 3. The van der Waals surface area contributed by atoms with Gasteiger partial charge in [-0.25, -0.2) is 8.78 Å². The Bertz CT molecular complexity index is 1670. The first kappa shape index (κ1) is 26.9. The minimum absolute atomic E-state index is 0.0837. The van der Waals surface area contributed by atoms with E-state index >= 15 is 0 Å². The highest BCUT2D eigenvalue weighted by Crippen LogP contribution is 2.26. The Morgan fingerprint density at radius 2 is 2.00 bits per heavy atom. The van der Waals surface area contributed by atoms with Crippen molar-refractivity contribution < 1.29 is 23.2 Å². The van der Waals surface area contributed by atoms with Gasteiger partial charge in [-0.3, -0.25) is 19.5 Å². The largest absolute Gasteiger partial charge is 0.366 e. The molecule has 4 aromatic rings. The molecular weight excluding hydrogens is 542 g/mol. The van der Waals surface area contributed by atoms with Gasteiger partial charge < -0.3 is 20.5 Å². The minimum Gasteiger partial charge on any atom is -0.366 e. The molecule has 1 aliphatic heterocycles. The summed E-state index contributed by atoms with van der Waals surface area (Å²) in [7, 11) is 0. The Hall–Kier alpha value is -4.69. The number of aromatic amines is 1. The molecule has 1 fully saturated rings. The lowest BCUT2D eigenvalue weighted by Crippen LogP contribution is -2.46. The van der Waals surface area contributed by atoms with Crippen LogP contribution in [0, 0.1) is 17.7 Å². The van der Waals surface area contributed by atoms with E-state index in [9.17, 15) is 23.2 Å². The summed E-state index contributed by atoms with van der Waals surface area (Å²) in [4.78, 5) is 39.5. The molecule has 9 nitrogen and oxygen atoms in total. The third-order valence-electron chi connectivity index (χ3n) is 6.66. The monoisotopic (exact) mass is 564 g/mol. The summed E-state index contributed by atoms with van der Waals surface area (Å²) in [5, 5.41) is 9.50. The lowest BCUT2D eigenvalue weighted by Gasteiger charge is -2.24. The fourth-order valence-electron chi connectivity index (χ4n) is 4.70. The van der Waals surface area contributed by atoms with Crippen LogP contribution < -0.4 is 11.1 Å². The van der Waals surface area contributed by atoms with Crippen molar-refractivity contribution >= 4 is 40.2 Å². The van der Waals surface area contributed by atoms with Crippen LogP contribution >= 0.6 is 11.6 Å². The molecule has 0 spiro atoms. The van der Waals surface area contributed by atoms with E-state index in [0.717, 1.165) is 4.90 Å². The molecule has 3 amide bonds. The predicted molar refractivity (Wildman–Crippen MR) is 143 cm³/mol. The Morgan fingerprint density at radius 1 is 1.20 bits per heavy atom. The Balaban J connectivity index is 1.35. The van der Waals surface area contributed by atoms with Crippen molar-refractivity contribution in [3.63, 3.8) is 0 Å². The van der Waals surface area contributed by atoms with Crippen LogP contribution in [0.3, 0.4) is 0 Å². The number of likely N-dealkylation sites (tertiary alicyclic amines) is 1. The Labute approximate surface area is 232 Å². The number of nitrogens with two attached hydrogens (primary N) is 1. The quantitative estimate of drug-likeness (QED) is 0.311. The summed E-state index contributed by atoms with van der Waals surface area (Å²) >= 11 is 5.79. The van der Waals surface area contributed by atoms with Crippen molar-refractivity contribution in [2.75, 3.05) is 6.54 Å². The van der Waals surface area contributed by atoms with Gasteiger partial charge in [0, 0.05) is 47.4 Å². The fraction of sp³-hybridized carbons (Fsp3) is 0.214. The van der Waals surface area contributed by atoms with Gasteiger partial charge in [0.2, 0.25) is 11.8 Å². The number of nitrogens with one attached hydrogen (secondary N) is 2. The molecule has 0 saturated carbocycles. The van der Waals surface area contributed by atoms with E-state index < -0.39 is 35.8 Å². The highest BCUT2D eigenvalue weighted by molar-refractivity contribution is 6.30. The molecule has 4 N–H and O–H groups in total.